The number of nitrogen functional groups attached to an aromatic ring is 1. The van der Waals surface area contributed by atoms with Crippen molar-refractivity contribution in [3.8, 4) is 11.3 Å². The number of hydrogen-bond acceptors (Lipinski definition) is 7. The highest BCUT2D eigenvalue weighted by Gasteiger charge is 2.44. The molecule has 184 valence electrons. The van der Waals surface area contributed by atoms with Gasteiger partial charge < -0.3 is 20.7 Å². The van der Waals surface area contributed by atoms with E-state index in [4.69, 9.17) is 10.5 Å². The molecule has 10 heteroatoms. The predicted octanol–water partition coefficient (Wildman–Crippen LogP) is 3.53. The zero-order chi connectivity index (χ0) is 25.5. The van der Waals surface area contributed by atoms with Gasteiger partial charge in [0.05, 0.1) is 29.6 Å². The van der Waals surface area contributed by atoms with Gasteiger partial charge in [-0.1, -0.05) is 6.07 Å². The van der Waals surface area contributed by atoms with Crippen molar-refractivity contribution in [1.82, 2.24) is 9.97 Å². The fourth-order valence-corrected chi connectivity index (χ4v) is 4.13. The smallest absolute Gasteiger partial charge is 0.187 e. The predicted molar refractivity (Wildman–Crippen MR) is 121 cm³/mol. The summed E-state index contributed by atoms with van der Waals surface area (Å²) >= 11 is 0. The Bertz CT molecular complexity index is 1250. The number of carbonyl (C=O) groups excluding carboxylic acids is 1. The van der Waals surface area contributed by atoms with Crippen LogP contribution in [0, 0.1) is 17.5 Å². The number of aliphatic hydroxyl groups excluding tert-OH is 1. The van der Waals surface area contributed by atoms with Crippen LogP contribution < -0.4 is 5.73 Å². The van der Waals surface area contributed by atoms with Crippen molar-refractivity contribution in [1.29, 1.82) is 0 Å². The minimum Gasteiger partial charge on any atom is -0.397 e. The second-order valence-electron chi connectivity index (χ2n) is 8.77. The van der Waals surface area contributed by atoms with Gasteiger partial charge in [0.2, 0.25) is 0 Å². The van der Waals surface area contributed by atoms with Crippen molar-refractivity contribution in [2.75, 3.05) is 5.73 Å². The summed E-state index contributed by atoms with van der Waals surface area (Å²) in [6, 6.07) is 5.47. The summed E-state index contributed by atoms with van der Waals surface area (Å²) in [6.45, 7) is 3.11. The van der Waals surface area contributed by atoms with Crippen LogP contribution in [0.3, 0.4) is 0 Å². The van der Waals surface area contributed by atoms with Crippen molar-refractivity contribution < 1.29 is 32.9 Å². The van der Waals surface area contributed by atoms with E-state index < -0.39 is 58.4 Å². The van der Waals surface area contributed by atoms with Crippen LogP contribution in [0.2, 0.25) is 0 Å². The minimum atomic E-state index is -1.44. The van der Waals surface area contributed by atoms with E-state index >= 15 is 0 Å². The van der Waals surface area contributed by atoms with Gasteiger partial charge in [0.15, 0.2) is 11.6 Å². The number of Topliss-reactive ketones (excluding diaryl/α,β-unsaturated/α-hetero) is 1. The molecule has 0 unspecified atom stereocenters. The summed E-state index contributed by atoms with van der Waals surface area (Å²) < 4.78 is 49.0. The number of hydrogen-bond donors (Lipinski definition) is 3. The zero-order valence-corrected chi connectivity index (χ0v) is 19.0. The van der Waals surface area contributed by atoms with Crippen LogP contribution in [-0.4, -0.2) is 43.8 Å². The second-order valence-corrected chi connectivity index (χ2v) is 8.77. The lowest BCUT2D eigenvalue weighted by Crippen LogP contribution is -2.54. The maximum atomic E-state index is 14.6. The number of nitrogens with zero attached hydrogens (tertiary/aromatic N) is 2. The number of nitrogens with two attached hydrogens (primary N) is 1. The van der Waals surface area contributed by atoms with E-state index in [1.807, 2.05) is 0 Å². The molecule has 0 bridgehead atoms. The van der Waals surface area contributed by atoms with Gasteiger partial charge in [0, 0.05) is 31.3 Å². The van der Waals surface area contributed by atoms with Crippen LogP contribution >= 0.6 is 0 Å². The molecule has 0 spiro atoms. The second kappa shape index (κ2) is 9.37. The Hall–Kier alpha value is -3.34. The van der Waals surface area contributed by atoms with E-state index in [9.17, 15) is 28.2 Å². The number of aromatic nitrogens is 2. The minimum absolute atomic E-state index is 0.0796. The van der Waals surface area contributed by atoms with Crippen LogP contribution in [0.5, 0.6) is 0 Å². The average Bonchev–Trinajstić information content (AvgIpc) is 2.79. The van der Waals surface area contributed by atoms with Crippen LogP contribution in [-0.2, 0) is 11.2 Å². The summed E-state index contributed by atoms with van der Waals surface area (Å²) in [4.78, 5) is 21.1. The standard InChI is InChI=1S/C25H24F3N3O4/c1-12-25(2,34)21(33)10-20(35-12)14-6-7-30-11-13(14)8-19(32)24-18(29)9-17(28)23(31-24)22-15(26)4-3-5-16(22)27/h3-7,9,11-12,20-21,33-34H,8,10,29H2,1-2H3/t12-,20-,21-,25-/m1/s1. The molecule has 0 radical (unpaired) electrons. The molecule has 3 heterocycles. The Morgan fingerprint density at radius 1 is 1.23 bits per heavy atom. The third-order valence-electron chi connectivity index (χ3n) is 6.41. The van der Waals surface area contributed by atoms with Crippen LogP contribution in [0.25, 0.3) is 11.3 Å². The van der Waals surface area contributed by atoms with Crippen LogP contribution in [0.4, 0.5) is 18.9 Å². The highest BCUT2D eigenvalue weighted by atomic mass is 19.1. The first-order valence-electron chi connectivity index (χ1n) is 10.9. The third kappa shape index (κ3) is 4.64. The van der Waals surface area contributed by atoms with Crippen molar-refractivity contribution in [3.63, 3.8) is 0 Å². The molecular weight excluding hydrogens is 463 g/mol. The molecule has 1 fully saturated rings. The molecule has 4 atom stereocenters. The van der Waals surface area contributed by atoms with E-state index in [1.54, 1.807) is 13.0 Å². The molecule has 1 saturated heterocycles. The molecule has 7 nitrogen and oxygen atoms in total. The molecule has 1 aliphatic rings. The maximum absolute atomic E-state index is 14.6. The van der Waals surface area contributed by atoms with E-state index in [0.29, 0.717) is 11.1 Å². The normalized spacial score (nSPS) is 24.4. The van der Waals surface area contributed by atoms with Crippen LogP contribution in [0.15, 0.2) is 42.7 Å². The molecular formula is C25H24F3N3O4. The number of carbonyl (C=O) groups is 1. The molecule has 0 amide bonds. The molecule has 4 rings (SSSR count). The summed E-state index contributed by atoms with van der Waals surface area (Å²) in [5.74, 6) is -3.78. The number of rotatable bonds is 5. The average molecular weight is 487 g/mol. The van der Waals surface area contributed by atoms with E-state index in [1.165, 1.54) is 19.3 Å². The molecule has 35 heavy (non-hydrogen) atoms. The Balaban J connectivity index is 1.67. The number of aliphatic hydroxyl groups is 2. The van der Waals surface area contributed by atoms with Gasteiger partial charge in [0.25, 0.3) is 0 Å². The Morgan fingerprint density at radius 3 is 2.57 bits per heavy atom. The number of anilines is 1. The van der Waals surface area contributed by atoms with Crippen molar-refractivity contribution in [2.24, 2.45) is 0 Å². The van der Waals surface area contributed by atoms with Crippen molar-refractivity contribution in [2.45, 2.75) is 50.6 Å². The number of halogens is 3. The summed E-state index contributed by atoms with van der Waals surface area (Å²) in [7, 11) is 0. The van der Waals surface area contributed by atoms with E-state index in [-0.39, 0.29) is 24.2 Å². The van der Waals surface area contributed by atoms with Gasteiger partial charge in [-0.2, -0.15) is 0 Å². The lowest BCUT2D eigenvalue weighted by atomic mass is 9.84. The first-order chi connectivity index (χ1) is 16.5. The van der Waals surface area contributed by atoms with Gasteiger partial charge in [-0.3, -0.25) is 9.78 Å². The summed E-state index contributed by atoms with van der Waals surface area (Å²) in [5, 5.41) is 20.8. The number of pyridine rings is 2. The van der Waals surface area contributed by atoms with Gasteiger partial charge >= 0.3 is 0 Å². The molecule has 3 aromatic rings. The quantitative estimate of drug-likeness (QED) is 0.471. The van der Waals surface area contributed by atoms with Crippen molar-refractivity contribution in [3.05, 3.63) is 77.0 Å². The molecule has 1 aromatic carbocycles. The monoisotopic (exact) mass is 487 g/mol. The van der Waals surface area contributed by atoms with Gasteiger partial charge in [0.1, 0.15) is 28.6 Å². The summed E-state index contributed by atoms with van der Waals surface area (Å²) in [6.07, 6.45) is 0.355. The highest BCUT2D eigenvalue weighted by molar-refractivity contribution is 6.00. The third-order valence-corrected chi connectivity index (χ3v) is 6.41. The van der Waals surface area contributed by atoms with E-state index in [2.05, 4.69) is 9.97 Å². The molecule has 0 aliphatic carbocycles. The van der Waals surface area contributed by atoms with Gasteiger partial charge in [-0.05, 0) is 43.2 Å². The fourth-order valence-electron chi connectivity index (χ4n) is 4.13. The number of ether oxygens (including phenoxy) is 1. The summed E-state index contributed by atoms with van der Waals surface area (Å²) in [5.41, 5.74) is 3.40. The first-order valence-corrected chi connectivity index (χ1v) is 10.9. The Labute approximate surface area is 199 Å². The maximum Gasteiger partial charge on any atom is 0.187 e. The number of benzene rings is 1. The zero-order valence-electron chi connectivity index (χ0n) is 19.0. The van der Waals surface area contributed by atoms with Gasteiger partial charge in [-0.25, -0.2) is 18.2 Å². The molecule has 1 aliphatic heterocycles. The molecule has 2 aromatic heterocycles. The largest absolute Gasteiger partial charge is 0.397 e. The van der Waals surface area contributed by atoms with Crippen LogP contribution in [0.1, 0.15) is 48.0 Å². The lowest BCUT2D eigenvalue weighted by molar-refractivity contribution is -0.215. The number of ketones is 1. The molecule has 4 N–H and O–H groups in total. The van der Waals surface area contributed by atoms with Crippen molar-refractivity contribution >= 4 is 11.5 Å². The lowest BCUT2D eigenvalue weighted by Gasteiger charge is -2.43. The van der Waals surface area contributed by atoms with Gasteiger partial charge in [-0.15, -0.1) is 0 Å². The topological polar surface area (TPSA) is 119 Å². The Morgan fingerprint density at radius 2 is 1.91 bits per heavy atom. The Kier molecular flexibility index (Phi) is 6.63. The first kappa shape index (κ1) is 24.8. The fraction of sp³-hybridized carbons (Fsp3) is 0.320. The van der Waals surface area contributed by atoms with E-state index in [0.717, 1.165) is 24.3 Å². The molecule has 0 saturated carbocycles. The SMILES string of the molecule is C[C@H]1O[C@@H](c2ccncc2CC(=O)c2nc(-c3c(F)cccc3F)c(F)cc2N)C[C@@H](O)[C@]1(C)O. The highest BCUT2D eigenvalue weighted by Crippen LogP contribution is 2.38.